The Labute approximate surface area is 107 Å². The molecule has 0 saturated carbocycles. The molecule has 8 heteroatoms. The Morgan fingerprint density at radius 1 is 1.47 bits per heavy atom. The van der Waals surface area contributed by atoms with Crippen molar-refractivity contribution in [1.29, 1.82) is 0 Å². The predicted octanol–water partition coefficient (Wildman–Crippen LogP) is 0.891. The average molecular weight is 267 g/mol. The lowest BCUT2D eigenvalue weighted by molar-refractivity contribution is -0.384. The van der Waals surface area contributed by atoms with Crippen LogP contribution in [-0.4, -0.2) is 38.9 Å². The molecule has 0 radical (unpaired) electrons. The number of benzene rings is 1. The van der Waals surface area contributed by atoms with E-state index in [1.54, 1.807) is 6.92 Å². The maximum absolute atomic E-state index is 10.6. The Kier molecular flexibility index (Phi) is 3.36. The molecule has 102 valence electrons. The van der Waals surface area contributed by atoms with Crippen LogP contribution in [0.1, 0.15) is 6.92 Å². The first-order chi connectivity index (χ1) is 8.97. The van der Waals surface area contributed by atoms with E-state index in [0.717, 1.165) is 0 Å². The van der Waals surface area contributed by atoms with Crippen LogP contribution in [0.3, 0.4) is 0 Å². The van der Waals surface area contributed by atoms with Crippen LogP contribution in [0.15, 0.2) is 22.6 Å². The largest absolute Gasteiger partial charge is 0.423 e. The SMILES string of the molecule is CC(CO)(CO)Nc1nc2ccc([N+](=O)[O-])cc2o1. The number of fused-ring (bicyclic) bond motifs is 1. The van der Waals surface area contributed by atoms with Gasteiger partial charge in [-0.2, -0.15) is 4.98 Å². The van der Waals surface area contributed by atoms with Crippen molar-refractivity contribution in [2.75, 3.05) is 18.5 Å². The Morgan fingerprint density at radius 2 is 2.16 bits per heavy atom. The van der Waals surface area contributed by atoms with E-state index in [9.17, 15) is 10.1 Å². The van der Waals surface area contributed by atoms with Gasteiger partial charge >= 0.3 is 0 Å². The third kappa shape index (κ3) is 2.64. The zero-order chi connectivity index (χ0) is 14.0. The van der Waals surface area contributed by atoms with Crippen LogP contribution in [-0.2, 0) is 0 Å². The average Bonchev–Trinajstić information content (AvgIpc) is 2.79. The minimum absolute atomic E-state index is 0.0843. The minimum Gasteiger partial charge on any atom is -0.423 e. The van der Waals surface area contributed by atoms with Crippen molar-refractivity contribution >= 4 is 22.8 Å². The molecule has 1 aromatic carbocycles. The van der Waals surface area contributed by atoms with Crippen LogP contribution in [0, 0.1) is 10.1 Å². The number of nitrogens with one attached hydrogen (secondary N) is 1. The van der Waals surface area contributed by atoms with Crippen LogP contribution in [0.4, 0.5) is 11.7 Å². The molecule has 0 bridgehead atoms. The number of hydrogen-bond donors (Lipinski definition) is 3. The summed E-state index contributed by atoms with van der Waals surface area (Å²) in [6, 6.07) is 4.15. The van der Waals surface area contributed by atoms with Crippen molar-refractivity contribution in [2.24, 2.45) is 0 Å². The van der Waals surface area contributed by atoms with Gasteiger partial charge in [-0.05, 0) is 13.0 Å². The fourth-order valence-electron chi connectivity index (χ4n) is 1.47. The van der Waals surface area contributed by atoms with Gasteiger partial charge in [0.05, 0.1) is 29.7 Å². The lowest BCUT2D eigenvalue weighted by Crippen LogP contribution is -2.42. The number of nitro benzene ring substituents is 1. The maximum atomic E-state index is 10.6. The van der Waals surface area contributed by atoms with E-state index < -0.39 is 10.5 Å². The molecule has 0 fully saturated rings. The topological polar surface area (TPSA) is 122 Å². The van der Waals surface area contributed by atoms with Gasteiger partial charge < -0.3 is 19.9 Å². The molecule has 0 aliphatic rings. The second-order valence-electron chi connectivity index (χ2n) is 4.43. The van der Waals surface area contributed by atoms with Crippen LogP contribution in [0.5, 0.6) is 0 Å². The summed E-state index contributed by atoms with van der Waals surface area (Å²) in [7, 11) is 0. The molecular weight excluding hydrogens is 254 g/mol. The van der Waals surface area contributed by atoms with Crippen LogP contribution in [0.2, 0.25) is 0 Å². The highest BCUT2D eigenvalue weighted by Crippen LogP contribution is 2.25. The quantitative estimate of drug-likeness (QED) is 0.543. The second kappa shape index (κ2) is 4.82. The lowest BCUT2D eigenvalue weighted by Gasteiger charge is -2.24. The maximum Gasteiger partial charge on any atom is 0.296 e. The van der Waals surface area contributed by atoms with Crippen molar-refractivity contribution in [1.82, 2.24) is 4.98 Å². The molecule has 1 aromatic heterocycles. The molecular formula is C11H13N3O5. The highest BCUT2D eigenvalue weighted by atomic mass is 16.6. The second-order valence-corrected chi connectivity index (χ2v) is 4.43. The first-order valence-corrected chi connectivity index (χ1v) is 5.52. The summed E-state index contributed by atoms with van der Waals surface area (Å²) in [5.74, 6) is 0. The summed E-state index contributed by atoms with van der Waals surface area (Å²) in [4.78, 5) is 14.2. The van der Waals surface area contributed by atoms with E-state index in [0.29, 0.717) is 5.52 Å². The number of rotatable bonds is 5. The number of aromatic nitrogens is 1. The molecule has 1 heterocycles. The van der Waals surface area contributed by atoms with Crippen LogP contribution >= 0.6 is 0 Å². The first-order valence-electron chi connectivity index (χ1n) is 5.52. The number of oxazole rings is 1. The molecule has 0 aliphatic heterocycles. The molecule has 2 rings (SSSR count). The molecule has 0 atom stereocenters. The molecule has 0 saturated heterocycles. The normalized spacial score (nSPS) is 11.7. The summed E-state index contributed by atoms with van der Waals surface area (Å²) < 4.78 is 5.31. The van der Waals surface area contributed by atoms with Gasteiger partial charge in [0.15, 0.2) is 5.58 Å². The first kappa shape index (κ1) is 13.2. The van der Waals surface area contributed by atoms with Crippen LogP contribution < -0.4 is 5.32 Å². The molecule has 8 nitrogen and oxygen atoms in total. The van der Waals surface area contributed by atoms with Crippen molar-refractivity contribution in [2.45, 2.75) is 12.5 Å². The summed E-state index contributed by atoms with van der Waals surface area (Å²) in [6.07, 6.45) is 0. The summed E-state index contributed by atoms with van der Waals surface area (Å²) >= 11 is 0. The zero-order valence-corrected chi connectivity index (χ0v) is 10.2. The molecule has 2 aromatic rings. The fraction of sp³-hybridized carbons (Fsp3) is 0.364. The van der Waals surface area contributed by atoms with Gasteiger partial charge in [0.1, 0.15) is 5.52 Å². The van der Waals surface area contributed by atoms with E-state index >= 15 is 0 Å². The lowest BCUT2D eigenvalue weighted by atomic mass is 10.1. The van der Waals surface area contributed by atoms with E-state index in [4.69, 9.17) is 14.6 Å². The number of aliphatic hydroxyl groups is 2. The molecule has 0 unspecified atom stereocenters. The molecule has 0 aliphatic carbocycles. The summed E-state index contributed by atoms with van der Waals surface area (Å²) in [5.41, 5.74) is -0.365. The number of nitrogens with zero attached hydrogens (tertiary/aromatic N) is 2. The number of hydrogen-bond acceptors (Lipinski definition) is 7. The third-order valence-corrected chi connectivity index (χ3v) is 2.69. The number of non-ortho nitro benzene ring substituents is 1. The Bertz CT molecular complexity index is 605. The number of nitro groups is 1. The standard InChI is InChI=1S/C11H13N3O5/c1-11(5-15,6-16)13-10-12-8-3-2-7(14(17)18)4-9(8)19-10/h2-4,15-16H,5-6H2,1H3,(H,12,13). The van der Waals surface area contributed by atoms with Gasteiger partial charge in [0.2, 0.25) is 0 Å². The van der Waals surface area contributed by atoms with Gasteiger partial charge in [0.25, 0.3) is 11.7 Å². The molecule has 0 spiro atoms. The van der Waals surface area contributed by atoms with Crippen molar-refractivity contribution in [3.8, 4) is 0 Å². The van der Waals surface area contributed by atoms with Gasteiger partial charge in [-0.1, -0.05) is 0 Å². The summed E-state index contributed by atoms with van der Waals surface area (Å²) in [5, 5.41) is 31.7. The van der Waals surface area contributed by atoms with E-state index in [1.807, 2.05) is 0 Å². The van der Waals surface area contributed by atoms with Crippen molar-refractivity contribution in [3.05, 3.63) is 28.3 Å². The van der Waals surface area contributed by atoms with E-state index in [-0.39, 0.29) is 30.5 Å². The highest BCUT2D eigenvalue weighted by molar-refractivity contribution is 5.77. The Balaban J connectivity index is 2.34. The fourth-order valence-corrected chi connectivity index (χ4v) is 1.47. The Hall–Kier alpha value is -2.19. The highest BCUT2D eigenvalue weighted by Gasteiger charge is 2.24. The minimum atomic E-state index is -0.979. The molecule has 0 amide bonds. The predicted molar refractivity (Wildman–Crippen MR) is 66.9 cm³/mol. The number of aliphatic hydroxyl groups excluding tert-OH is 2. The van der Waals surface area contributed by atoms with E-state index in [1.165, 1.54) is 18.2 Å². The van der Waals surface area contributed by atoms with Gasteiger partial charge in [-0.25, -0.2) is 0 Å². The van der Waals surface area contributed by atoms with E-state index in [2.05, 4.69) is 10.3 Å². The van der Waals surface area contributed by atoms with Crippen molar-refractivity contribution < 1.29 is 19.6 Å². The molecule has 3 N–H and O–H groups in total. The van der Waals surface area contributed by atoms with Gasteiger partial charge in [0, 0.05) is 6.07 Å². The van der Waals surface area contributed by atoms with Crippen molar-refractivity contribution in [3.63, 3.8) is 0 Å². The van der Waals surface area contributed by atoms with Gasteiger partial charge in [-0.3, -0.25) is 10.1 Å². The number of anilines is 1. The van der Waals surface area contributed by atoms with Gasteiger partial charge in [-0.15, -0.1) is 0 Å². The Morgan fingerprint density at radius 3 is 2.74 bits per heavy atom. The zero-order valence-electron chi connectivity index (χ0n) is 10.2. The van der Waals surface area contributed by atoms with Crippen LogP contribution in [0.25, 0.3) is 11.1 Å². The third-order valence-electron chi connectivity index (χ3n) is 2.69. The monoisotopic (exact) mass is 267 g/mol. The molecule has 19 heavy (non-hydrogen) atoms. The smallest absolute Gasteiger partial charge is 0.296 e. The summed E-state index contributed by atoms with van der Waals surface area (Å²) in [6.45, 7) is 0.953.